The highest BCUT2D eigenvalue weighted by Crippen LogP contribution is 2.37. The van der Waals surface area contributed by atoms with Crippen LogP contribution in [0.2, 0.25) is 5.02 Å². The molecule has 0 bridgehead atoms. The van der Waals surface area contributed by atoms with Crippen molar-refractivity contribution in [3.05, 3.63) is 51.7 Å². The quantitative estimate of drug-likeness (QED) is 0.685. The molecule has 1 N–H and O–H groups in total. The van der Waals surface area contributed by atoms with Gasteiger partial charge in [0.15, 0.2) is 0 Å². The van der Waals surface area contributed by atoms with Crippen molar-refractivity contribution in [2.45, 2.75) is 37.2 Å². The predicted octanol–water partition coefficient (Wildman–Crippen LogP) is 5.36. The maximum Gasteiger partial charge on any atom is 0.418 e. The molecule has 2 rings (SSSR count). The highest BCUT2D eigenvalue weighted by molar-refractivity contribution is 8.00. The summed E-state index contributed by atoms with van der Waals surface area (Å²) in [5, 5.41) is 11.1. The standard InChI is InChI=1S/C18H15ClF3N3OS/c1-9-6-10(2)24-17(13(9)8-23)27-11(3)16(26)25-15-5-4-12(19)7-14(15)18(20,21)22/h4-7,11H,1-3H3,(H,25,26). The van der Waals surface area contributed by atoms with Crippen molar-refractivity contribution in [1.82, 2.24) is 4.98 Å². The molecule has 0 fully saturated rings. The summed E-state index contributed by atoms with van der Waals surface area (Å²) in [4.78, 5) is 16.7. The number of hydrogen-bond acceptors (Lipinski definition) is 4. The number of aryl methyl sites for hydroxylation is 2. The number of thioether (sulfide) groups is 1. The maximum absolute atomic E-state index is 13.2. The normalized spacial score (nSPS) is 12.4. The fraction of sp³-hybridized carbons (Fsp3) is 0.278. The lowest BCUT2D eigenvalue weighted by Gasteiger charge is -2.17. The first-order valence-corrected chi connectivity index (χ1v) is 9.01. The zero-order chi connectivity index (χ0) is 20.4. The number of rotatable bonds is 4. The van der Waals surface area contributed by atoms with Gasteiger partial charge in [-0.3, -0.25) is 4.79 Å². The van der Waals surface area contributed by atoms with E-state index >= 15 is 0 Å². The van der Waals surface area contributed by atoms with Gasteiger partial charge in [-0.15, -0.1) is 0 Å². The lowest BCUT2D eigenvalue weighted by Crippen LogP contribution is -2.24. The fourth-order valence-corrected chi connectivity index (χ4v) is 3.53. The molecular weight excluding hydrogens is 399 g/mol. The summed E-state index contributed by atoms with van der Waals surface area (Å²) >= 11 is 6.65. The second kappa shape index (κ2) is 8.19. The molecule has 9 heteroatoms. The van der Waals surface area contributed by atoms with Gasteiger partial charge in [0.2, 0.25) is 5.91 Å². The number of carbonyl (C=O) groups excluding carboxylic acids is 1. The number of benzene rings is 1. The van der Waals surface area contributed by atoms with E-state index in [9.17, 15) is 23.2 Å². The lowest BCUT2D eigenvalue weighted by atomic mass is 10.1. The first-order chi connectivity index (χ1) is 12.5. The third-order valence-corrected chi connectivity index (χ3v) is 4.95. The Kier molecular flexibility index (Phi) is 6.39. The molecule has 4 nitrogen and oxygen atoms in total. The van der Waals surface area contributed by atoms with E-state index in [2.05, 4.69) is 10.3 Å². The Morgan fingerprint density at radius 1 is 1.33 bits per heavy atom. The van der Waals surface area contributed by atoms with E-state index in [0.29, 0.717) is 16.3 Å². The van der Waals surface area contributed by atoms with Crippen molar-refractivity contribution in [3.8, 4) is 6.07 Å². The van der Waals surface area contributed by atoms with Crippen LogP contribution >= 0.6 is 23.4 Å². The largest absolute Gasteiger partial charge is 0.418 e. The van der Waals surface area contributed by atoms with Crippen molar-refractivity contribution in [2.24, 2.45) is 0 Å². The molecule has 0 aliphatic rings. The smallest absolute Gasteiger partial charge is 0.325 e. The second-order valence-electron chi connectivity index (χ2n) is 5.81. The Morgan fingerprint density at radius 2 is 2.00 bits per heavy atom. The van der Waals surface area contributed by atoms with Crippen LogP contribution in [0.5, 0.6) is 0 Å². The van der Waals surface area contributed by atoms with Crippen LogP contribution in [0.25, 0.3) is 0 Å². The van der Waals surface area contributed by atoms with E-state index in [1.807, 2.05) is 6.07 Å². The summed E-state index contributed by atoms with van der Waals surface area (Å²) in [5.41, 5.74) is 0.338. The predicted molar refractivity (Wildman–Crippen MR) is 98.8 cm³/mol. The molecule has 0 saturated heterocycles. The van der Waals surface area contributed by atoms with Gasteiger partial charge < -0.3 is 5.32 Å². The second-order valence-corrected chi connectivity index (χ2v) is 7.58. The third-order valence-electron chi connectivity index (χ3n) is 3.63. The molecule has 1 aromatic heterocycles. The summed E-state index contributed by atoms with van der Waals surface area (Å²) in [5.74, 6) is -0.641. The van der Waals surface area contributed by atoms with Crippen molar-refractivity contribution >= 4 is 35.0 Å². The van der Waals surface area contributed by atoms with E-state index in [1.165, 1.54) is 13.0 Å². The first kappa shape index (κ1) is 21.1. The van der Waals surface area contributed by atoms with Crippen LogP contribution in [0.15, 0.2) is 29.3 Å². The SMILES string of the molecule is Cc1cc(C)c(C#N)c(SC(C)C(=O)Nc2ccc(Cl)cc2C(F)(F)F)n1. The van der Waals surface area contributed by atoms with Crippen molar-refractivity contribution < 1.29 is 18.0 Å². The number of aromatic nitrogens is 1. The minimum absolute atomic E-state index is 0.0826. The van der Waals surface area contributed by atoms with E-state index < -0.39 is 22.9 Å². The Hall–Kier alpha value is -2.24. The molecule has 0 aliphatic carbocycles. The summed E-state index contributed by atoms with van der Waals surface area (Å²) in [6.45, 7) is 5.04. The van der Waals surface area contributed by atoms with Gasteiger partial charge in [-0.25, -0.2) is 4.98 Å². The molecule has 0 saturated carbocycles. The van der Waals surface area contributed by atoms with Gasteiger partial charge in [-0.2, -0.15) is 18.4 Å². The number of carbonyl (C=O) groups is 1. The van der Waals surface area contributed by atoms with Gasteiger partial charge in [0, 0.05) is 10.7 Å². The number of hydrogen-bond donors (Lipinski definition) is 1. The summed E-state index contributed by atoms with van der Waals surface area (Å²) in [6.07, 6.45) is -4.66. The lowest BCUT2D eigenvalue weighted by molar-refractivity contribution is -0.137. The molecule has 142 valence electrons. The number of amides is 1. The van der Waals surface area contributed by atoms with Crippen LogP contribution < -0.4 is 5.32 Å². The average Bonchev–Trinajstić information content (AvgIpc) is 2.55. The highest BCUT2D eigenvalue weighted by atomic mass is 35.5. The Morgan fingerprint density at radius 3 is 2.59 bits per heavy atom. The van der Waals surface area contributed by atoms with E-state index in [0.717, 1.165) is 29.5 Å². The number of nitriles is 1. The highest BCUT2D eigenvalue weighted by Gasteiger charge is 2.34. The summed E-state index contributed by atoms with van der Waals surface area (Å²) < 4.78 is 39.5. The number of nitrogens with one attached hydrogen (secondary N) is 1. The molecule has 1 atom stereocenters. The van der Waals surface area contributed by atoms with Crippen LogP contribution in [-0.2, 0) is 11.0 Å². The number of nitrogens with zero attached hydrogens (tertiary/aromatic N) is 2. The molecule has 1 unspecified atom stereocenters. The van der Waals surface area contributed by atoms with Crippen molar-refractivity contribution in [1.29, 1.82) is 5.26 Å². The third kappa shape index (κ3) is 5.15. The molecular formula is C18H15ClF3N3OS. The van der Waals surface area contributed by atoms with Gasteiger partial charge in [-0.05, 0) is 50.6 Å². The zero-order valence-corrected chi connectivity index (χ0v) is 16.2. The van der Waals surface area contributed by atoms with E-state index in [4.69, 9.17) is 11.6 Å². The van der Waals surface area contributed by atoms with E-state index in [-0.39, 0.29) is 10.7 Å². The van der Waals surface area contributed by atoms with Crippen molar-refractivity contribution in [3.63, 3.8) is 0 Å². The first-order valence-electron chi connectivity index (χ1n) is 7.75. The minimum Gasteiger partial charge on any atom is -0.325 e. The van der Waals surface area contributed by atoms with E-state index in [1.54, 1.807) is 19.9 Å². The van der Waals surface area contributed by atoms with Crippen LogP contribution in [-0.4, -0.2) is 16.1 Å². The van der Waals surface area contributed by atoms with Gasteiger partial charge in [0.1, 0.15) is 11.1 Å². The monoisotopic (exact) mass is 413 g/mol. The summed E-state index contributed by atoms with van der Waals surface area (Å²) in [6, 6.07) is 6.92. The Labute approximate surface area is 163 Å². The zero-order valence-electron chi connectivity index (χ0n) is 14.6. The topological polar surface area (TPSA) is 65.8 Å². The molecule has 1 heterocycles. The van der Waals surface area contributed by atoms with Gasteiger partial charge in [0.05, 0.1) is 22.1 Å². The number of pyridine rings is 1. The maximum atomic E-state index is 13.2. The molecule has 27 heavy (non-hydrogen) atoms. The average molecular weight is 414 g/mol. The molecule has 1 aromatic carbocycles. The molecule has 0 aliphatic heterocycles. The molecule has 0 spiro atoms. The Bertz CT molecular complexity index is 925. The number of halogens is 4. The molecule has 0 radical (unpaired) electrons. The van der Waals surface area contributed by atoms with Crippen LogP contribution in [0.3, 0.4) is 0 Å². The van der Waals surface area contributed by atoms with Crippen LogP contribution in [0, 0.1) is 25.2 Å². The van der Waals surface area contributed by atoms with Crippen molar-refractivity contribution in [2.75, 3.05) is 5.32 Å². The molecule has 1 amide bonds. The number of alkyl halides is 3. The number of anilines is 1. The van der Waals surface area contributed by atoms with Gasteiger partial charge in [-0.1, -0.05) is 23.4 Å². The Balaban J connectivity index is 2.25. The minimum atomic E-state index is -4.66. The molecule has 2 aromatic rings. The summed E-state index contributed by atoms with van der Waals surface area (Å²) in [7, 11) is 0. The fourth-order valence-electron chi connectivity index (χ4n) is 2.34. The van der Waals surface area contributed by atoms with Crippen LogP contribution in [0.4, 0.5) is 18.9 Å². The van der Waals surface area contributed by atoms with Crippen LogP contribution in [0.1, 0.15) is 29.3 Å². The van der Waals surface area contributed by atoms with Gasteiger partial charge in [0.25, 0.3) is 0 Å². The van der Waals surface area contributed by atoms with Gasteiger partial charge >= 0.3 is 6.18 Å².